The molecule has 212 valence electrons. The lowest BCUT2D eigenvalue weighted by Crippen LogP contribution is -2.58. The van der Waals surface area contributed by atoms with Gasteiger partial charge in [0.15, 0.2) is 6.61 Å². The summed E-state index contributed by atoms with van der Waals surface area (Å²) in [5.74, 6) is -1.79. The van der Waals surface area contributed by atoms with Crippen molar-refractivity contribution < 1.29 is 41.8 Å². The number of halogens is 4. The highest BCUT2D eigenvalue weighted by Gasteiger charge is 2.38. The molecule has 13 heteroatoms. The van der Waals surface area contributed by atoms with Crippen LogP contribution in [0.25, 0.3) is 0 Å². The third-order valence-corrected chi connectivity index (χ3v) is 5.77. The van der Waals surface area contributed by atoms with Crippen molar-refractivity contribution in [2.45, 2.75) is 57.9 Å². The van der Waals surface area contributed by atoms with E-state index < -0.39 is 54.6 Å². The molecule has 0 radical (unpaired) electrons. The van der Waals surface area contributed by atoms with Crippen LogP contribution < -0.4 is 20.1 Å². The summed E-state index contributed by atoms with van der Waals surface area (Å²) < 4.78 is 53.8. The fraction of sp³-hybridized carbons (Fsp3) is 0.423. The van der Waals surface area contributed by atoms with Crippen LogP contribution in [0.1, 0.15) is 33.6 Å². The van der Waals surface area contributed by atoms with Gasteiger partial charge in [0.2, 0.25) is 5.91 Å². The summed E-state index contributed by atoms with van der Waals surface area (Å²) in [7, 11) is 0. The van der Waals surface area contributed by atoms with Crippen molar-refractivity contribution in [3.05, 3.63) is 53.3 Å². The van der Waals surface area contributed by atoms with Gasteiger partial charge in [0.1, 0.15) is 29.0 Å². The number of rotatable bonds is 8. The fourth-order valence-electron chi connectivity index (χ4n) is 3.84. The predicted octanol–water partition coefficient (Wildman–Crippen LogP) is 4.98. The van der Waals surface area contributed by atoms with Crippen molar-refractivity contribution in [1.29, 1.82) is 0 Å². The molecule has 0 saturated carbocycles. The van der Waals surface area contributed by atoms with E-state index in [1.807, 2.05) is 0 Å². The lowest BCUT2D eigenvalue weighted by atomic mass is 9.97. The molecule has 2 atom stereocenters. The van der Waals surface area contributed by atoms with Crippen LogP contribution in [0.2, 0.25) is 5.02 Å². The molecule has 9 nitrogen and oxygen atoms in total. The maximum absolute atomic E-state index is 13.6. The molecule has 1 unspecified atom stereocenters. The molecule has 0 spiro atoms. The van der Waals surface area contributed by atoms with Crippen LogP contribution >= 0.6 is 11.6 Å². The summed E-state index contributed by atoms with van der Waals surface area (Å²) in [5.41, 5.74) is -0.648. The van der Waals surface area contributed by atoms with Gasteiger partial charge in [0, 0.05) is 30.4 Å². The fourth-order valence-corrected chi connectivity index (χ4v) is 3.96. The minimum absolute atomic E-state index is 0.0388. The van der Waals surface area contributed by atoms with Crippen molar-refractivity contribution in [3.63, 3.8) is 0 Å². The quantitative estimate of drug-likeness (QED) is 0.463. The van der Waals surface area contributed by atoms with Crippen LogP contribution in [0.15, 0.2) is 42.5 Å². The Bertz CT molecular complexity index is 1190. The number of ether oxygens (including phenoxy) is 3. The Kier molecular flexibility index (Phi) is 9.90. The highest BCUT2D eigenvalue weighted by atomic mass is 35.5. The van der Waals surface area contributed by atoms with Gasteiger partial charge < -0.3 is 24.8 Å². The minimum atomic E-state index is -3.03. The summed E-state index contributed by atoms with van der Waals surface area (Å²) in [5, 5.41) is 5.28. The normalized spacial score (nSPS) is 17.4. The number of nitrogens with zero attached hydrogens (tertiary/aromatic N) is 1. The number of hydrogen-bond acceptors (Lipinski definition) is 6. The Morgan fingerprint density at radius 3 is 2.51 bits per heavy atom. The SMILES string of the molecule is CC(C)(C)OC(=O)N1CC(NC(=O)COc2ccc(Cl)c(F)c2)CC[C@H]1C(=O)Nc1cccc(OC(F)F)c1. The first-order valence-corrected chi connectivity index (χ1v) is 12.4. The van der Waals surface area contributed by atoms with Gasteiger partial charge >= 0.3 is 12.7 Å². The number of anilines is 1. The molecule has 2 aromatic carbocycles. The number of hydrogen-bond donors (Lipinski definition) is 2. The second-order valence-electron chi connectivity index (χ2n) is 9.75. The zero-order chi connectivity index (χ0) is 28.7. The molecule has 0 bridgehead atoms. The predicted molar refractivity (Wildman–Crippen MR) is 137 cm³/mol. The van der Waals surface area contributed by atoms with Gasteiger partial charge in [-0.05, 0) is 57.9 Å². The van der Waals surface area contributed by atoms with Crippen LogP contribution in [-0.2, 0) is 14.3 Å². The molecule has 0 aliphatic carbocycles. The van der Waals surface area contributed by atoms with Gasteiger partial charge in [0.05, 0.1) is 5.02 Å². The van der Waals surface area contributed by atoms with Crippen molar-refractivity contribution in [2.75, 3.05) is 18.5 Å². The van der Waals surface area contributed by atoms with E-state index in [1.54, 1.807) is 20.8 Å². The van der Waals surface area contributed by atoms with Crippen molar-refractivity contribution in [1.82, 2.24) is 10.2 Å². The molecule has 2 N–H and O–H groups in total. The highest BCUT2D eigenvalue weighted by Crippen LogP contribution is 2.25. The van der Waals surface area contributed by atoms with Crippen molar-refractivity contribution in [3.8, 4) is 11.5 Å². The number of amides is 3. The van der Waals surface area contributed by atoms with Gasteiger partial charge in [-0.25, -0.2) is 9.18 Å². The standard InChI is InChI=1S/C26H29ClF3N3O6/c1-26(2,3)39-25(36)33-13-16(31-22(34)14-37-17-8-9-19(27)20(28)12-17)7-10-21(33)23(35)32-15-5-4-6-18(11-15)38-24(29)30/h4-6,8-9,11-12,16,21,24H,7,10,13-14H2,1-3H3,(H,31,34)(H,32,35)/t16?,21-/m0/s1. The third-order valence-electron chi connectivity index (χ3n) is 5.47. The molecular formula is C26H29ClF3N3O6. The first kappa shape index (κ1) is 29.9. The molecule has 3 rings (SSSR count). The van der Waals surface area contributed by atoms with Crippen LogP contribution in [0.3, 0.4) is 0 Å². The Morgan fingerprint density at radius 2 is 1.85 bits per heavy atom. The monoisotopic (exact) mass is 571 g/mol. The van der Waals surface area contributed by atoms with E-state index in [0.29, 0.717) is 6.42 Å². The third kappa shape index (κ3) is 9.24. The zero-order valence-electron chi connectivity index (χ0n) is 21.5. The first-order chi connectivity index (χ1) is 18.3. The number of piperidine rings is 1. The minimum Gasteiger partial charge on any atom is -0.484 e. The number of alkyl halides is 2. The van der Waals surface area contributed by atoms with E-state index in [9.17, 15) is 27.6 Å². The lowest BCUT2D eigenvalue weighted by molar-refractivity contribution is -0.125. The van der Waals surface area contributed by atoms with E-state index in [1.165, 1.54) is 41.3 Å². The van der Waals surface area contributed by atoms with E-state index in [2.05, 4.69) is 15.4 Å². The molecule has 1 fully saturated rings. The molecule has 1 heterocycles. The molecule has 0 aromatic heterocycles. The van der Waals surface area contributed by atoms with Crippen LogP contribution in [-0.4, -0.2) is 60.3 Å². The van der Waals surface area contributed by atoms with Gasteiger partial charge in [-0.3, -0.25) is 14.5 Å². The lowest BCUT2D eigenvalue weighted by Gasteiger charge is -2.39. The van der Waals surface area contributed by atoms with Crippen molar-refractivity contribution in [2.24, 2.45) is 0 Å². The Hall–Kier alpha value is -3.67. The van der Waals surface area contributed by atoms with E-state index >= 15 is 0 Å². The number of carbonyl (C=O) groups excluding carboxylic acids is 3. The number of likely N-dealkylation sites (tertiary alicyclic amines) is 1. The topological polar surface area (TPSA) is 106 Å². The number of carbonyl (C=O) groups is 3. The first-order valence-electron chi connectivity index (χ1n) is 12.0. The van der Waals surface area contributed by atoms with Crippen LogP contribution in [0, 0.1) is 5.82 Å². The Morgan fingerprint density at radius 1 is 1.10 bits per heavy atom. The maximum atomic E-state index is 13.6. The average molecular weight is 572 g/mol. The van der Waals surface area contributed by atoms with E-state index in [0.717, 1.165) is 6.07 Å². The number of benzene rings is 2. The largest absolute Gasteiger partial charge is 0.484 e. The van der Waals surface area contributed by atoms with Gasteiger partial charge in [-0.1, -0.05) is 17.7 Å². The summed E-state index contributed by atoms with van der Waals surface area (Å²) in [4.78, 5) is 39.8. The van der Waals surface area contributed by atoms with Gasteiger partial charge in [-0.15, -0.1) is 0 Å². The molecule has 39 heavy (non-hydrogen) atoms. The zero-order valence-corrected chi connectivity index (χ0v) is 22.3. The van der Waals surface area contributed by atoms with E-state index in [4.69, 9.17) is 21.1 Å². The van der Waals surface area contributed by atoms with Gasteiger partial charge in [-0.2, -0.15) is 8.78 Å². The summed E-state index contributed by atoms with van der Waals surface area (Å²) in [6.07, 6.45) is -0.246. The molecule has 1 saturated heterocycles. The second kappa shape index (κ2) is 12.9. The molecule has 1 aliphatic heterocycles. The average Bonchev–Trinajstić information content (AvgIpc) is 2.83. The Balaban J connectivity index is 1.66. The molecule has 1 aliphatic rings. The smallest absolute Gasteiger partial charge is 0.411 e. The van der Waals surface area contributed by atoms with Gasteiger partial charge in [0.25, 0.3) is 5.91 Å². The summed E-state index contributed by atoms with van der Waals surface area (Å²) >= 11 is 5.64. The molecule has 2 aromatic rings. The summed E-state index contributed by atoms with van der Waals surface area (Å²) in [6, 6.07) is 7.77. The molecular weight excluding hydrogens is 543 g/mol. The van der Waals surface area contributed by atoms with Crippen LogP contribution in [0.4, 0.5) is 23.7 Å². The van der Waals surface area contributed by atoms with Crippen molar-refractivity contribution >= 4 is 35.2 Å². The number of nitrogens with one attached hydrogen (secondary N) is 2. The van der Waals surface area contributed by atoms with E-state index in [-0.39, 0.29) is 35.2 Å². The van der Waals surface area contributed by atoms with Crippen LogP contribution in [0.5, 0.6) is 11.5 Å². The highest BCUT2D eigenvalue weighted by molar-refractivity contribution is 6.30. The summed E-state index contributed by atoms with van der Waals surface area (Å²) in [6.45, 7) is 1.55. The molecule has 3 amide bonds. The Labute approximate surface area is 228 Å². The second-order valence-corrected chi connectivity index (χ2v) is 10.2. The maximum Gasteiger partial charge on any atom is 0.411 e.